The minimum atomic E-state index is -0.911. The predicted octanol–water partition coefficient (Wildman–Crippen LogP) is 2.34. The Morgan fingerprint density at radius 3 is 3.06 bits per heavy atom. The van der Waals surface area contributed by atoms with Crippen LogP contribution in [0.1, 0.15) is 21.7 Å². The van der Waals surface area contributed by atoms with Gasteiger partial charge in [0.15, 0.2) is 0 Å². The summed E-state index contributed by atoms with van der Waals surface area (Å²) >= 11 is 1.44. The zero-order valence-corrected chi connectivity index (χ0v) is 10.3. The topological polar surface area (TPSA) is 75.3 Å². The summed E-state index contributed by atoms with van der Waals surface area (Å²) in [6, 6.07) is 1.66. The third-order valence-electron chi connectivity index (χ3n) is 2.59. The van der Waals surface area contributed by atoms with Crippen molar-refractivity contribution in [2.75, 3.05) is 5.32 Å². The first-order valence-corrected chi connectivity index (χ1v) is 6.12. The molecule has 1 aliphatic rings. The number of thiophene rings is 1. The molecule has 1 aliphatic carbocycles. The number of aromatic carboxylic acids is 1. The van der Waals surface area contributed by atoms with Gasteiger partial charge in [0.05, 0.1) is 11.6 Å². The van der Waals surface area contributed by atoms with Crippen LogP contribution in [0.25, 0.3) is 0 Å². The molecule has 5 heteroatoms. The third-order valence-corrected chi connectivity index (χ3v) is 3.57. The van der Waals surface area contributed by atoms with Crippen LogP contribution >= 0.6 is 11.3 Å². The van der Waals surface area contributed by atoms with E-state index in [0.717, 1.165) is 17.0 Å². The molecule has 0 bridgehead atoms. The molecule has 0 radical (unpaired) electrons. The van der Waals surface area contributed by atoms with Gasteiger partial charge >= 0.3 is 5.97 Å². The van der Waals surface area contributed by atoms with Gasteiger partial charge in [-0.25, -0.2) is 4.79 Å². The molecular weight excluding hydrogens is 236 g/mol. The van der Waals surface area contributed by atoms with Crippen molar-refractivity contribution in [3.05, 3.63) is 40.4 Å². The van der Waals surface area contributed by atoms with E-state index in [1.54, 1.807) is 6.07 Å². The van der Waals surface area contributed by atoms with Crippen molar-refractivity contribution >= 4 is 22.3 Å². The van der Waals surface area contributed by atoms with Crippen LogP contribution in [0.3, 0.4) is 0 Å². The van der Waals surface area contributed by atoms with Gasteiger partial charge in [-0.05, 0) is 25.5 Å². The summed E-state index contributed by atoms with van der Waals surface area (Å²) in [4.78, 5) is 12.0. The molecule has 0 aliphatic heterocycles. The lowest BCUT2D eigenvalue weighted by Gasteiger charge is -2.20. The zero-order chi connectivity index (χ0) is 12.4. The molecule has 1 heterocycles. The van der Waals surface area contributed by atoms with Crippen molar-refractivity contribution < 1.29 is 9.90 Å². The highest BCUT2D eigenvalue weighted by Gasteiger charge is 2.18. The number of carboxylic acid groups (broad SMARTS) is 1. The van der Waals surface area contributed by atoms with E-state index in [-0.39, 0.29) is 6.04 Å². The van der Waals surface area contributed by atoms with E-state index in [0.29, 0.717) is 10.6 Å². The van der Waals surface area contributed by atoms with Crippen molar-refractivity contribution in [1.29, 1.82) is 0 Å². The van der Waals surface area contributed by atoms with Crippen molar-refractivity contribution in [1.82, 2.24) is 0 Å². The summed E-state index contributed by atoms with van der Waals surface area (Å²) in [6.07, 6.45) is 6.53. The number of carboxylic acids is 1. The first-order valence-electron chi connectivity index (χ1n) is 5.30. The SMILES string of the molecule is Cc1cc(C(=O)O)c(NC2CC=CC=C2N)s1. The Hall–Kier alpha value is -1.75. The predicted molar refractivity (Wildman–Crippen MR) is 69.5 cm³/mol. The molecule has 17 heavy (non-hydrogen) atoms. The second-order valence-electron chi connectivity index (χ2n) is 3.93. The maximum Gasteiger partial charge on any atom is 0.338 e. The maximum absolute atomic E-state index is 11.1. The lowest BCUT2D eigenvalue weighted by molar-refractivity contribution is 0.0698. The molecule has 0 aromatic carbocycles. The second kappa shape index (κ2) is 4.63. The summed E-state index contributed by atoms with van der Waals surface area (Å²) in [5.41, 5.74) is 6.91. The highest BCUT2D eigenvalue weighted by atomic mass is 32.1. The fourth-order valence-electron chi connectivity index (χ4n) is 1.73. The van der Waals surface area contributed by atoms with Crippen LogP contribution in [0, 0.1) is 6.92 Å². The highest BCUT2D eigenvalue weighted by Crippen LogP contribution is 2.29. The van der Waals surface area contributed by atoms with Crippen LogP contribution in [0.2, 0.25) is 0 Å². The Bertz CT molecular complexity index is 503. The number of aryl methyl sites for hydroxylation is 1. The molecule has 2 rings (SSSR count). The summed E-state index contributed by atoms with van der Waals surface area (Å²) in [7, 11) is 0. The van der Waals surface area contributed by atoms with E-state index in [4.69, 9.17) is 10.8 Å². The van der Waals surface area contributed by atoms with Crippen LogP contribution in [0.4, 0.5) is 5.00 Å². The van der Waals surface area contributed by atoms with E-state index < -0.39 is 5.97 Å². The van der Waals surface area contributed by atoms with Gasteiger partial charge in [0.1, 0.15) is 5.00 Å². The standard InChI is InChI=1S/C12H14N2O2S/c1-7-6-8(12(15)16)11(17-7)14-10-5-3-2-4-9(10)13/h2-4,6,10,14H,5,13H2,1H3,(H,15,16). The fraction of sp³-hybridized carbons (Fsp3) is 0.250. The minimum absolute atomic E-state index is 0.0175. The van der Waals surface area contributed by atoms with E-state index in [1.165, 1.54) is 11.3 Å². The molecule has 1 atom stereocenters. The number of hydrogen-bond acceptors (Lipinski definition) is 4. The monoisotopic (exact) mass is 250 g/mol. The first kappa shape index (κ1) is 11.7. The number of rotatable bonds is 3. The van der Waals surface area contributed by atoms with Gasteiger partial charge in [-0.15, -0.1) is 11.3 Å². The fourth-order valence-corrected chi connectivity index (χ4v) is 2.68. The van der Waals surface area contributed by atoms with Gasteiger partial charge in [0.25, 0.3) is 0 Å². The minimum Gasteiger partial charge on any atom is -0.478 e. The molecule has 4 nitrogen and oxygen atoms in total. The maximum atomic E-state index is 11.1. The number of nitrogens with one attached hydrogen (secondary N) is 1. The molecular formula is C12H14N2O2S. The number of carbonyl (C=O) groups is 1. The number of anilines is 1. The molecule has 0 spiro atoms. The van der Waals surface area contributed by atoms with Gasteiger partial charge in [0.2, 0.25) is 0 Å². The first-order chi connectivity index (χ1) is 8.08. The molecule has 4 N–H and O–H groups in total. The smallest absolute Gasteiger partial charge is 0.338 e. The Kier molecular flexibility index (Phi) is 3.19. The van der Waals surface area contributed by atoms with Crippen LogP contribution in [0.15, 0.2) is 30.0 Å². The number of hydrogen-bond donors (Lipinski definition) is 3. The summed E-state index contributed by atoms with van der Waals surface area (Å²) in [6.45, 7) is 1.89. The van der Waals surface area contributed by atoms with Gasteiger partial charge in [-0.1, -0.05) is 12.2 Å². The molecule has 0 saturated carbocycles. The summed E-state index contributed by atoms with van der Waals surface area (Å²) in [5, 5.41) is 12.9. The van der Waals surface area contributed by atoms with Crippen LogP contribution in [-0.4, -0.2) is 17.1 Å². The van der Waals surface area contributed by atoms with E-state index in [9.17, 15) is 4.79 Å². The summed E-state index contributed by atoms with van der Waals surface area (Å²) in [5.74, 6) is -0.911. The van der Waals surface area contributed by atoms with Crippen molar-refractivity contribution in [2.45, 2.75) is 19.4 Å². The Balaban J connectivity index is 2.21. The quantitative estimate of drug-likeness (QED) is 0.769. The molecule has 0 fully saturated rings. The number of nitrogens with two attached hydrogens (primary N) is 1. The van der Waals surface area contributed by atoms with Crippen molar-refractivity contribution in [3.8, 4) is 0 Å². The second-order valence-corrected chi connectivity index (χ2v) is 5.19. The average molecular weight is 250 g/mol. The molecule has 0 saturated heterocycles. The zero-order valence-electron chi connectivity index (χ0n) is 9.43. The van der Waals surface area contributed by atoms with Gasteiger partial charge in [0, 0.05) is 10.6 Å². The van der Waals surface area contributed by atoms with E-state index in [1.807, 2.05) is 25.2 Å². The molecule has 1 aromatic rings. The normalized spacial score (nSPS) is 18.9. The summed E-state index contributed by atoms with van der Waals surface area (Å²) < 4.78 is 0. The average Bonchev–Trinajstić information content (AvgIpc) is 2.63. The Morgan fingerprint density at radius 1 is 1.65 bits per heavy atom. The van der Waals surface area contributed by atoms with Crippen molar-refractivity contribution in [2.24, 2.45) is 5.73 Å². The highest BCUT2D eigenvalue weighted by molar-refractivity contribution is 7.16. The van der Waals surface area contributed by atoms with E-state index in [2.05, 4.69) is 5.32 Å². The Morgan fingerprint density at radius 2 is 2.41 bits per heavy atom. The van der Waals surface area contributed by atoms with Crippen molar-refractivity contribution in [3.63, 3.8) is 0 Å². The van der Waals surface area contributed by atoms with Crippen LogP contribution in [0.5, 0.6) is 0 Å². The lowest BCUT2D eigenvalue weighted by Crippen LogP contribution is -2.27. The largest absolute Gasteiger partial charge is 0.478 e. The molecule has 1 aromatic heterocycles. The van der Waals surface area contributed by atoms with Gasteiger partial charge in [-0.3, -0.25) is 0 Å². The molecule has 1 unspecified atom stereocenters. The van der Waals surface area contributed by atoms with E-state index >= 15 is 0 Å². The Labute approximate surface area is 103 Å². The molecule has 0 amide bonds. The van der Waals surface area contributed by atoms with Gasteiger partial charge < -0.3 is 16.2 Å². The van der Waals surface area contributed by atoms with Crippen LogP contribution in [-0.2, 0) is 0 Å². The third kappa shape index (κ3) is 2.50. The van der Waals surface area contributed by atoms with Gasteiger partial charge in [-0.2, -0.15) is 0 Å². The van der Waals surface area contributed by atoms with Crippen LogP contribution < -0.4 is 11.1 Å². The number of allylic oxidation sites excluding steroid dienone is 2. The lowest BCUT2D eigenvalue weighted by atomic mass is 10.1. The molecule has 90 valence electrons.